The van der Waals surface area contributed by atoms with Crippen molar-refractivity contribution < 1.29 is 22.4 Å². The van der Waals surface area contributed by atoms with Crippen LogP contribution >= 0.6 is 15.9 Å². The number of benzene rings is 2. The van der Waals surface area contributed by atoms with Crippen molar-refractivity contribution in [2.75, 3.05) is 18.0 Å². The number of ether oxygens (including phenoxy) is 1. The fourth-order valence-electron chi connectivity index (χ4n) is 2.75. The summed E-state index contributed by atoms with van der Waals surface area (Å²) in [7, 11) is -2.52. The van der Waals surface area contributed by atoms with Crippen LogP contribution in [0, 0.1) is 6.92 Å². The first-order valence-corrected chi connectivity index (χ1v) is 11.3. The van der Waals surface area contributed by atoms with Gasteiger partial charge in [0.1, 0.15) is 18.1 Å². The van der Waals surface area contributed by atoms with Gasteiger partial charge in [-0.2, -0.15) is 0 Å². The Balaban J connectivity index is 1.91. The summed E-state index contributed by atoms with van der Waals surface area (Å²) in [5, 5.41) is 2.68. The summed E-state index contributed by atoms with van der Waals surface area (Å²) in [6.07, 6.45) is 1.51. The van der Waals surface area contributed by atoms with E-state index in [0.29, 0.717) is 21.7 Å². The third-order valence-electron chi connectivity index (χ3n) is 4.36. The van der Waals surface area contributed by atoms with Crippen molar-refractivity contribution in [3.63, 3.8) is 0 Å². The lowest BCUT2D eigenvalue weighted by Gasteiger charge is -2.24. The molecule has 0 unspecified atom stereocenters. The molecule has 30 heavy (non-hydrogen) atoms. The predicted molar refractivity (Wildman–Crippen MR) is 117 cm³/mol. The Bertz CT molecular complexity index is 1110. The van der Waals surface area contributed by atoms with Gasteiger partial charge in [0.2, 0.25) is 5.91 Å². The van der Waals surface area contributed by atoms with E-state index in [-0.39, 0.29) is 18.0 Å². The summed E-state index contributed by atoms with van der Waals surface area (Å²) in [6, 6.07) is 14.8. The van der Waals surface area contributed by atoms with Crippen molar-refractivity contribution in [3.8, 4) is 5.75 Å². The minimum atomic E-state index is -4.02. The van der Waals surface area contributed by atoms with Gasteiger partial charge in [0.25, 0.3) is 10.0 Å². The maximum Gasteiger partial charge on any atom is 0.264 e. The predicted octanol–water partition coefficient (Wildman–Crippen LogP) is 3.87. The summed E-state index contributed by atoms with van der Waals surface area (Å²) < 4.78 is 38.8. The highest BCUT2D eigenvalue weighted by atomic mass is 79.9. The number of halogens is 1. The highest BCUT2D eigenvalue weighted by Crippen LogP contribution is 2.30. The molecule has 0 spiro atoms. The van der Waals surface area contributed by atoms with Crippen LogP contribution in [0.2, 0.25) is 0 Å². The molecule has 0 aliphatic carbocycles. The van der Waals surface area contributed by atoms with Gasteiger partial charge < -0.3 is 14.5 Å². The first-order valence-electron chi connectivity index (χ1n) is 9.03. The quantitative estimate of drug-likeness (QED) is 0.515. The summed E-state index contributed by atoms with van der Waals surface area (Å²) in [5.41, 5.74) is 1.37. The van der Waals surface area contributed by atoms with Gasteiger partial charge in [0.05, 0.1) is 35.0 Å². The molecule has 9 heteroatoms. The number of nitrogens with one attached hydrogen (secondary N) is 1. The summed E-state index contributed by atoms with van der Waals surface area (Å²) in [4.78, 5) is 12.6. The second-order valence-corrected chi connectivity index (χ2v) is 9.22. The van der Waals surface area contributed by atoms with Gasteiger partial charge in [-0.1, -0.05) is 17.7 Å². The first-order chi connectivity index (χ1) is 14.3. The van der Waals surface area contributed by atoms with Gasteiger partial charge in [-0.3, -0.25) is 9.10 Å². The largest absolute Gasteiger partial charge is 0.496 e. The SMILES string of the molecule is COc1ccc(S(=O)(=O)N(CC(=O)NCc2ccco2)c2ccc(C)cc2)cc1Br. The molecule has 0 saturated heterocycles. The molecule has 3 rings (SSSR count). The van der Waals surface area contributed by atoms with Gasteiger partial charge in [0.15, 0.2) is 0 Å². The average molecular weight is 493 g/mol. The number of amides is 1. The number of hydrogen-bond donors (Lipinski definition) is 1. The minimum absolute atomic E-state index is 0.0367. The summed E-state index contributed by atoms with van der Waals surface area (Å²) in [5.74, 6) is 0.627. The van der Waals surface area contributed by atoms with Gasteiger partial charge in [-0.05, 0) is 65.3 Å². The molecule has 0 atom stereocenters. The minimum Gasteiger partial charge on any atom is -0.496 e. The van der Waals surface area contributed by atoms with Gasteiger partial charge in [0, 0.05) is 0 Å². The molecule has 0 aliphatic heterocycles. The highest BCUT2D eigenvalue weighted by molar-refractivity contribution is 9.10. The maximum absolute atomic E-state index is 13.4. The van der Waals surface area contributed by atoms with Crippen LogP contribution in [-0.2, 0) is 21.4 Å². The van der Waals surface area contributed by atoms with Crippen molar-refractivity contribution in [2.24, 2.45) is 0 Å². The Morgan fingerprint density at radius 1 is 1.17 bits per heavy atom. The monoisotopic (exact) mass is 492 g/mol. The number of carbonyl (C=O) groups excluding carboxylic acids is 1. The van der Waals surface area contributed by atoms with Crippen LogP contribution in [0.5, 0.6) is 5.75 Å². The molecule has 1 heterocycles. The van der Waals surface area contributed by atoms with Crippen LogP contribution in [0.3, 0.4) is 0 Å². The molecule has 0 radical (unpaired) electrons. The molecule has 0 fully saturated rings. The zero-order valence-electron chi connectivity index (χ0n) is 16.5. The number of furan rings is 1. The van der Waals surface area contributed by atoms with E-state index in [2.05, 4.69) is 21.2 Å². The molecule has 1 amide bonds. The molecule has 3 aromatic rings. The molecule has 7 nitrogen and oxygen atoms in total. The normalized spacial score (nSPS) is 11.2. The number of aryl methyl sites for hydroxylation is 1. The van der Waals surface area contributed by atoms with Crippen molar-refractivity contribution in [1.29, 1.82) is 0 Å². The van der Waals surface area contributed by atoms with Crippen LogP contribution in [0.4, 0.5) is 5.69 Å². The van der Waals surface area contributed by atoms with E-state index in [1.54, 1.807) is 42.5 Å². The Labute approximate surface area is 183 Å². The fraction of sp³-hybridized carbons (Fsp3) is 0.190. The van der Waals surface area contributed by atoms with Crippen LogP contribution in [-0.4, -0.2) is 28.0 Å². The Morgan fingerprint density at radius 3 is 2.50 bits per heavy atom. The Kier molecular flexibility index (Phi) is 6.84. The number of carbonyl (C=O) groups is 1. The van der Waals surface area contributed by atoms with E-state index in [1.165, 1.54) is 25.5 Å². The van der Waals surface area contributed by atoms with Crippen LogP contribution in [0.15, 0.2) is 74.6 Å². The van der Waals surface area contributed by atoms with E-state index < -0.39 is 15.9 Å². The number of anilines is 1. The van der Waals surface area contributed by atoms with Crippen LogP contribution < -0.4 is 14.4 Å². The van der Waals surface area contributed by atoms with Crippen molar-refractivity contribution in [1.82, 2.24) is 5.32 Å². The highest BCUT2D eigenvalue weighted by Gasteiger charge is 2.28. The lowest BCUT2D eigenvalue weighted by molar-refractivity contribution is -0.119. The second-order valence-electron chi connectivity index (χ2n) is 6.50. The maximum atomic E-state index is 13.4. The number of hydrogen-bond acceptors (Lipinski definition) is 5. The number of sulfonamides is 1. The molecule has 1 N–H and O–H groups in total. The third kappa shape index (κ3) is 5.03. The topological polar surface area (TPSA) is 88.9 Å². The Hall–Kier alpha value is -2.78. The first kappa shape index (κ1) is 21.9. The average Bonchev–Trinajstić information content (AvgIpc) is 3.25. The zero-order chi connectivity index (χ0) is 21.7. The van der Waals surface area contributed by atoms with E-state index in [1.807, 2.05) is 6.92 Å². The molecule has 158 valence electrons. The van der Waals surface area contributed by atoms with E-state index in [4.69, 9.17) is 9.15 Å². The lowest BCUT2D eigenvalue weighted by atomic mass is 10.2. The Morgan fingerprint density at radius 2 is 1.90 bits per heavy atom. The fourth-order valence-corrected chi connectivity index (χ4v) is 4.89. The lowest BCUT2D eigenvalue weighted by Crippen LogP contribution is -2.40. The van der Waals surface area contributed by atoms with Crippen molar-refractivity contribution >= 4 is 37.5 Å². The van der Waals surface area contributed by atoms with Gasteiger partial charge in [-0.15, -0.1) is 0 Å². The third-order valence-corrected chi connectivity index (χ3v) is 6.75. The van der Waals surface area contributed by atoms with Gasteiger partial charge in [-0.25, -0.2) is 8.42 Å². The number of nitrogens with zero attached hydrogens (tertiary/aromatic N) is 1. The number of rotatable bonds is 8. The van der Waals surface area contributed by atoms with Crippen molar-refractivity contribution in [2.45, 2.75) is 18.4 Å². The van der Waals surface area contributed by atoms with Crippen LogP contribution in [0.25, 0.3) is 0 Å². The summed E-state index contributed by atoms with van der Waals surface area (Å²) in [6.45, 7) is 1.69. The molecule has 0 saturated carbocycles. The second kappa shape index (κ2) is 9.36. The van der Waals surface area contributed by atoms with E-state index >= 15 is 0 Å². The molecule has 2 aromatic carbocycles. The van der Waals surface area contributed by atoms with E-state index in [0.717, 1.165) is 9.87 Å². The molecule has 1 aromatic heterocycles. The summed E-state index contributed by atoms with van der Waals surface area (Å²) >= 11 is 3.31. The van der Waals surface area contributed by atoms with Gasteiger partial charge >= 0.3 is 0 Å². The molecular formula is C21H21BrN2O5S. The molecular weight excluding hydrogens is 472 g/mol. The zero-order valence-corrected chi connectivity index (χ0v) is 18.9. The molecule has 0 aliphatic rings. The number of methoxy groups -OCH3 is 1. The smallest absolute Gasteiger partial charge is 0.264 e. The van der Waals surface area contributed by atoms with E-state index in [9.17, 15) is 13.2 Å². The van der Waals surface area contributed by atoms with Crippen molar-refractivity contribution in [3.05, 3.63) is 76.7 Å². The van der Waals surface area contributed by atoms with Crippen LogP contribution in [0.1, 0.15) is 11.3 Å². The standard InChI is InChI=1S/C21H21BrN2O5S/c1-15-5-7-16(8-6-15)24(14-21(25)23-13-17-4-3-11-29-17)30(26,27)18-9-10-20(28-2)19(22)12-18/h3-12H,13-14H2,1-2H3,(H,23,25). The molecule has 0 bridgehead atoms.